The van der Waals surface area contributed by atoms with Crippen molar-refractivity contribution in [2.75, 3.05) is 23.7 Å². The van der Waals surface area contributed by atoms with Gasteiger partial charge in [0.15, 0.2) is 0 Å². The Hall–Kier alpha value is -2.58. The fourth-order valence-corrected chi connectivity index (χ4v) is 8.93. The van der Waals surface area contributed by atoms with Crippen LogP contribution in [0.15, 0.2) is 48.5 Å². The minimum Gasteiger partial charge on any atom is -0.354 e. The summed E-state index contributed by atoms with van der Waals surface area (Å²) in [6.07, 6.45) is 9.65. The van der Waals surface area contributed by atoms with Crippen LogP contribution in [-0.4, -0.2) is 50.5 Å². The topological polar surface area (TPSA) is 86.8 Å². The van der Waals surface area contributed by atoms with Crippen LogP contribution in [0.1, 0.15) is 69.9 Å². The number of halogens is 1. The molecule has 41 heavy (non-hydrogen) atoms. The highest BCUT2D eigenvalue weighted by Gasteiger charge is 2.51. The lowest BCUT2D eigenvalue weighted by molar-refractivity contribution is -0.139. The van der Waals surface area contributed by atoms with Crippen molar-refractivity contribution >= 4 is 39.1 Å². The molecule has 0 saturated heterocycles. The second kappa shape index (κ2) is 12.0. The molecule has 1 atom stereocenters. The van der Waals surface area contributed by atoms with Gasteiger partial charge in [0.05, 0.1) is 11.9 Å². The first-order valence-electron chi connectivity index (χ1n) is 14.9. The summed E-state index contributed by atoms with van der Waals surface area (Å²) in [5.41, 5.74) is 2.71. The van der Waals surface area contributed by atoms with Crippen molar-refractivity contribution in [3.8, 4) is 0 Å². The number of carbonyl (C=O) groups excluding carboxylic acids is 2. The summed E-state index contributed by atoms with van der Waals surface area (Å²) in [7, 11) is -3.78. The Morgan fingerprint density at radius 2 is 1.63 bits per heavy atom. The summed E-state index contributed by atoms with van der Waals surface area (Å²) < 4.78 is 27.2. The fourth-order valence-electron chi connectivity index (χ4n) is 7.87. The largest absolute Gasteiger partial charge is 0.354 e. The number of hydrogen-bond donors (Lipinski definition) is 1. The summed E-state index contributed by atoms with van der Waals surface area (Å²) in [6.45, 7) is 3.84. The van der Waals surface area contributed by atoms with E-state index in [4.69, 9.17) is 11.6 Å². The van der Waals surface area contributed by atoms with E-state index in [-0.39, 0.29) is 17.9 Å². The highest BCUT2D eigenvalue weighted by Crippen LogP contribution is 2.60. The molecule has 4 saturated carbocycles. The monoisotopic (exact) mass is 599 g/mol. The molecule has 7 nitrogen and oxygen atoms in total. The van der Waals surface area contributed by atoms with Crippen LogP contribution in [0.5, 0.6) is 0 Å². The lowest BCUT2D eigenvalue weighted by Crippen LogP contribution is -2.51. The van der Waals surface area contributed by atoms with Gasteiger partial charge in [-0.25, -0.2) is 8.42 Å². The normalized spacial score (nSPS) is 25.5. The van der Waals surface area contributed by atoms with Crippen molar-refractivity contribution in [2.45, 2.75) is 76.8 Å². The lowest BCUT2D eigenvalue weighted by atomic mass is 9.48. The molecule has 9 heteroatoms. The van der Waals surface area contributed by atoms with Gasteiger partial charge in [0.1, 0.15) is 12.6 Å². The Morgan fingerprint density at radius 3 is 2.17 bits per heavy atom. The molecule has 0 unspecified atom stereocenters. The summed E-state index contributed by atoms with van der Waals surface area (Å²) in [4.78, 5) is 28.1. The number of hydrogen-bond acceptors (Lipinski definition) is 4. The van der Waals surface area contributed by atoms with Crippen LogP contribution in [0.2, 0.25) is 5.02 Å². The number of rotatable bonds is 11. The molecule has 0 aromatic heterocycles. The molecular formula is C32H42ClN3O4S. The van der Waals surface area contributed by atoms with Crippen LogP contribution < -0.4 is 9.62 Å². The van der Waals surface area contributed by atoms with Gasteiger partial charge in [0, 0.05) is 18.1 Å². The third kappa shape index (κ3) is 6.59. The first-order chi connectivity index (χ1) is 19.5. The number of amides is 2. The van der Waals surface area contributed by atoms with E-state index in [9.17, 15) is 18.0 Å². The molecule has 222 valence electrons. The first kappa shape index (κ1) is 29.9. The fraction of sp³-hybridized carbons (Fsp3) is 0.562. The maximum absolute atomic E-state index is 13.8. The molecule has 0 aliphatic heterocycles. The Balaban J connectivity index is 1.38. The standard InChI is InChI=1S/C32H42ClN3O4S/c1-4-12-34-31(38)22(2)35(20-23-6-5-7-28(33)16-23)30(37)21-36(41(3,39)40)29-10-8-27(9-11-29)32-17-24-13-25(18-32)15-26(14-24)19-32/h5-11,16,22,24-26H,4,12-15,17-21H2,1-3H3,(H,34,38)/t22-,24?,25?,26?,32?/m0/s1. The quantitative estimate of drug-likeness (QED) is 0.369. The highest BCUT2D eigenvalue weighted by atomic mass is 35.5. The number of nitrogens with one attached hydrogen (secondary N) is 1. The van der Waals surface area contributed by atoms with E-state index < -0.39 is 28.5 Å². The van der Waals surface area contributed by atoms with Gasteiger partial charge >= 0.3 is 0 Å². The van der Waals surface area contributed by atoms with E-state index in [0.29, 0.717) is 17.3 Å². The summed E-state index contributed by atoms with van der Waals surface area (Å²) in [5, 5.41) is 3.37. The summed E-state index contributed by atoms with van der Waals surface area (Å²) in [6, 6.07) is 14.2. The molecular weight excluding hydrogens is 558 g/mol. The number of nitrogens with zero attached hydrogens (tertiary/aromatic N) is 2. The van der Waals surface area contributed by atoms with Gasteiger partial charge in [-0.2, -0.15) is 0 Å². The second-order valence-corrected chi connectivity index (χ2v) is 15.0. The number of anilines is 1. The molecule has 2 amide bonds. The molecule has 6 rings (SSSR count). The molecule has 1 N–H and O–H groups in total. The van der Waals surface area contributed by atoms with Crippen molar-refractivity contribution in [2.24, 2.45) is 17.8 Å². The average Bonchev–Trinajstić information content (AvgIpc) is 2.91. The van der Waals surface area contributed by atoms with Crippen molar-refractivity contribution in [3.63, 3.8) is 0 Å². The van der Waals surface area contributed by atoms with E-state index in [1.54, 1.807) is 25.1 Å². The van der Waals surface area contributed by atoms with Gasteiger partial charge in [-0.05, 0) is 110 Å². The number of benzene rings is 2. The lowest BCUT2D eigenvalue weighted by Gasteiger charge is -2.57. The van der Waals surface area contributed by atoms with Crippen LogP contribution >= 0.6 is 11.6 Å². The molecule has 2 aromatic rings. The average molecular weight is 600 g/mol. The zero-order chi connectivity index (χ0) is 29.4. The van der Waals surface area contributed by atoms with Crippen LogP contribution in [0, 0.1) is 17.8 Å². The van der Waals surface area contributed by atoms with Crippen molar-refractivity contribution in [3.05, 3.63) is 64.7 Å². The molecule has 4 fully saturated rings. The molecule has 4 bridgehead atoms. The van der Waals surface area contributed by atoms with Gasteiger partial charge in [0.2, 0.25) is 21.8 Å². The third-order valence-electron chi connectivity index (χ3n) is 9.44. The van der Waals surface area contributed by atoms with Crippen LogP contribution in [0.3, 0.4) is 0 Å². The van der Waals surface area contributed by atoms with Crippen molar-refractivity contribution < 1.29 is 18.0 Å². The van der Waals surface area contributed by atoms with E-state index in [2.05, 4.69) is 17.4 Å². The van der Waals surface area contributed by atoms with Crippen molar-refractivity contribution in [1.29, 1.82) is 0 Å². The predicted molar refractivity (Wildman–Crippen MR) is 163 cm³/mol. The predicted octanol–water partition coefficient (Wildman–Crippen LogP) is 5.52. The van der Waals surface area contributed by atoms with Gasteiger partial charge in [-0.3, -0.25) is 13.9 Å². The van der Waals surface area contributed by atoms with Gasteiger partial charge in [-0.1, -0.05) is 42.8 Å². The van der Waals surface area contributed by atoms with E-state index >= 15 is 0 Å². The molecule has 0 heterocycles. The Kier molecular flexibility index (Phi) is 8.72. The Morgan fingerprint density at radius 1 is 1.02 bits per heavy atom. The Labute approximate surface area is 249 Å². The molecule has 0 spiro atoms. The van der Waals surface area contributed by atoms with E-state index in [1.807, 2.05) is 25.1 Å². The second-order valence-electron chi connectivity index (χ2n) is 12.6. The minimum absolute atomic E-state index is 0.128. The van der Waals surface area contributed by atoms with Crippen LogP contribution in [0.4, 0.5) is 5.69 Å². The molecule has 0 radical (unpaired) electrons. The third-order valence-corrected chi connectivity index (χ3v) is 10.8. The van der Waals surface area contributed by atoms with Gasteiger partial charge < -0.3 is 10.2 Å². The molecule has 2 aromatic carbocycles. The number of sulfonamides is 1. The first-order valence-corrected chi connectivity index (χ1v) is 17.1. The highest BCUT2D eigenvalue weighted by molar-refractivity contribution is 7.92. The minimum atomic E-state index is -3.78. The maximum atomic E-state index is 13.8. The summed E-state index contributed by atoms with van der Waals surface area (Å²) in [5.74, 6) is 1.70. The zero-order valence-corrected chi connectivity index (χ0v) is 25.9. The van der Waals surface area contributed by atoms with Crippen molar-refractivity contribution in [1.82, 2.24) is 10.2 Å². The van der Waals surface area contributed by atoms with Crippen LogP contribution in [0.25, 0.3) is 0 Å². The Bertz CT molecular complexity index is 1340. The SMILES string of the molecule is CCCNC(=O)[C@H](C)N(Cc1cccc(Cl)c1)C(=O)CN(c1ccc(C23CC4CC(CC(C4)C2)C3)cc1)S(C)(=O)=O. The summed E-state index contributed by atoms with van der Waals surface area (Å²) >= 11 is 6.18. The van der Waals surface area contributed by atoms with E-state index in [1.165, 1.54) is 49.0 Å². The maximum Gasteiger partial charge on any atom is 0.244 e. The molecule has 4 aliphatic carbocycles. The smallest absolute Gasteiger partial charge is 0.244 e. The van der Waals surface area contributed by atoms with E-state index in [0.717, 1.165) is 40.3 Å². The van der Waals surface area contributed by atoms with Crippen LogP contribution in [-0.2, 0) is 31.6 Å². The number of carbonyl (C=O) groups is 2. The zero-order valence-electron chi connectivity index (χ0n) is 24.3. The van der Waals surface area contributed by atoms with Gasteiger partial charge in [0.25, 0.3) is 0 Å². The molecule has 4 aliphatic rings. The van der Waals surface area contributed by atoms with Gasteiger partial charge in [-0.15, -0.1) is 0 Å².